The maximum atomic E-state index is 4.53. The molecule has 0 aromatic carbocycles. The zero-order valence-electron chi connectivity index (χ0n) is 4.98. The Morgan fingerprint density at radius 2 is 2.50 bits per heavy atom. The fourth-order valence-electron chi connectivity index (χ4n) is 0.667. The second kappa shape index (κ2) is 1.94. The van der Waals surface area contributed by atoms with Crippen LogP contribution in [0.2, 0.25) is 0 Å². The standard InChI is InChI=1S/C5H4N4O/c1-4(7-2-6-1)5-8-3-10-9-5/h1-3H,(H,6,7). The number of aromatic nitrogens is 4. The minimum absolute atomic E-state index is 0.525. The van der Waals surface area contributed by atoms with Crippen LogP contribution in [-0.4, -0.2) is 20.1 Å². The Morgan fingerprint density at radius 3 is 3.10 bits per heavy atom. The largest absolute Gasteiger partial charge is 0.342 e. The lowest BCUT2D eigenvalue weighted by Crippen LogP contribution is -1.77. The van der Waals surface area contributed by atoms with Crippen LogP contribution in [0.25, 0.3) is 11.5 Å². The van der Waals surface area contributed by atoms with Crippen molar-refractivity contribution >= 4 is 0 Å². The Balaban J connectivity index is 2.48. The van der Waals surface area contributed by atoms with Gasteiger partial charge in [-0.3, -0.25) is 0 Å². The Kier molecular flexibility index (Phi) is 1.00. The van der Waals surface area contributed by atoms with Gasteiger partial charge in [-0.05, 0) is 0 Å². The van der Waals surface area contributed by atoms with Crippen LogP contribution >= 0.6 is 0 Å². The third kappa shape index (κ3) is 0.680. The highest BCUT2D eigenvalue weighted by atomic mass is 16.5. The van der Waals surface area contributed by atoms with Gasteiger partial charge in [-0.1, -0.05) is 5.16 Å². The molecule has 2 heterocycles. The van der Waals surface area contributed by atoms with E-state index < -0.39 is 0 Å². The highest BCUT2D eigenvalue weighted by Crippen LogP contribution is 2.07. The van der Waals surface area contributed by atoms with E-state index >= 15 is 0 Å². The van der Waals surface area contributed by atoms with Gasteiger partial charge in [0.25, 0.3) is 0 Å². The molecule has 1 N–H and O–H groups in total. The summed E-state index contributed by atoms with van der Waals surface area (Å²) in [4.78, 5) is 10.5. The fourth-order valence-corrected chi connectivity index (χ4v) is 0.667. The lowest BCUT2D eigenvalue weighted by Gasteiger charge is -1.80. The highest BCUT2D eigenvalue weighted by molar-refractivity contribution is 5.44. The third-order valence-electron chi connectivity index (χ3n) is 1.10. The summed E-state index contributed by atoms with van der Waals surface area (Å²) >= 11 is 0. The minimum Gasteiger partial charge on any atom is -0.342 e. The van der Waals surface area contributed by atoms with Gasteiger partial charge in [0.05, 0.1) is 12.5 Å². The topological polar surface area (TPSA) is 67.6 Å². The van der Waals surface area contributed by atoms with Crippen LogP contribution in [0.5, 0.6) is 0 Å². The Bertz CT molecular complexity index is 253. The van der Waals surface area contributed by atoms with Crippen molar-refractivity contribution in [3.05, 3.63) is 18.9 Å². The summed E-state index contributed by atoms with van der Waals surface area (Å²) in [7, 11) is 0. The quantitative estimate of drug-likeness (QED) is 0.618. The van der Waals surface area contributed by atoms with Crippen LogP contribution < -0.4 is 0 Å². The molecule has 2 aromatic rings. The summed E-state index contributed by atoms with van der Waals surface area (Å²) in [5.74, 6) is 0.525. The third-order valence-corrected chi connectivity index (χ3v) is 1.10. The molecule has 0 saturated carbocycles. The van der Waals surface area contributed by atoms with E-state index in [-0.39, 0.29) is 0 Å². The summed E-state index contributed by atoms with van der Waals surface area (Å²) in [5.41, 5.74) is 0.758. The normalized spacial score (nSPS) is 10.0. The van der Waals surface area contributed by atoms with Crippen LogP contribution in [0.3, 0.4) is 0 Å². The van der Waals surface area contributed by atoms with Crippen LogP contribution in [0, 0.1) is 0 Å². The maximum absolute atomic E-state index is 4.53. The van der Waals surface area contributed by atoms with E-state index in [1.54, 1.807) is 12.5 Å². The first-order valence-corrected chi connectivity index (χ1v) is 2.72. The molecular formula is C5H4N4O. The summed E-state index contributed by atoms with van der Waals surface area (Å²) < 4.78 is 4.53. The zero-order valence-corrected chi connectivity index (χ0v) is 4.98. The zero-order chi connectivity index (χ0) is 6.81. The smallest absolute Gasteiger partial charge is 0.220 e. The molecule has 0 bridgehead atoms. The van der Waals surface area contributed by atoms with E-state index in [9.17, 15) is 0 Å². The monoisotopic (exact) mass is 136 g/mol. The van der Waals surface area contributed by atoms with Gasteiger partial charge in [0.2, 0.25) is 12.2 Å². The molecule has 0 atom stereocenters. The van der Waals surface area contributed by atoms with Gasteiger partial charge < -0.3 is 9.51 Å². The lowest BCUT2D eigenvalue weighted by atomic mass is 10.5. The molecule has 0 radical (unpaired) electrons. The van der Waals surface area contributed by atoms with E-state index in [1.165, 1.54) is 6.39 Å². The number of imidazole rings is 1. The molecule has 50 valence electrons. The average Bonchev–Trinajstić information content (AvgIpc) is 2.59. The van der Waals surface area contributed by atoms with Crippen molar-refractivity contribution in [1.82, 2.24) is 20.1 Å². The first-order chi connectivity index (χ1) is 4.97. The van der Waals surface area contributed by atoms with Gasteiger partial charge >= 0.3 is 0 Å². The summed E-state index contributed by atoms with van der Waals surface area (Å²) in [6, 6.07) is 0. The number of H-pyrrole nitrogens is 1. The Morgan fingerprint density at radius 1 is 1.50 bits per heavy atom. The van der Waals surface area contributed by atoms with Crippen molar-refractivity contribution in [3.8, 4) is 11.5 Å². The number of hydrogen-bond donors (Lipinski definition) is 1. The molecule has 0 aliphatic carbocycles. The molecule has 2 rings (SSSR count). The van der Waals surface area contributed by atoms with Crippen LogP contribution in [0.4, 0.5) is 0 Å². The van der Waals surface area contributed by atoms with Crippen molar-refractivity contribution in [2.24, 2.45) is 0 Å². The fraction of sp³-hybridized carbons (Fsp3) is 0. The number of rotatable bonds is 1. The summed E-state index contributed by atoms with van der Waals surface area (Å²) in [6.45, 7) is 0. The first kappa shape index (κ1) is 5.16. The van der Waals surface area contributed by atoms with Crippen molar-refractivity contribution < 1.29 is 4.52 Å². The Hall–Kier alpha value is -1.65. The first-order valence-electron chi connectivity index (χ1n) is 2.72. The van der Waals surface area contributed by atoms with E-state index in [1.807, 2.05) is 0 Å². The van der Waals surface area contributed by atoms with Crippen molar-refractivity contribution in [2.75, 3.05) is 0 Å². The molecule has 5 nitrogen and oxygen atoms in total. The summed E-state index contributed by atoms with van der Waals surface area (Å²) in [6.07, 6.45) is 4.46. The van der Waals surface area contributed by atoms with Crippen LogP contribution in [0.1, 0.15) is 0 Å². The lowest BCUT2D eigenvalue weighted by molar-refractivity contribution is 0.418. The van der Waals surface area contributed by atoms with Crippen molar-refractivity contribution in [3.63, 3.8) is 0 Å². The van der Waals surface area contributed by atoms with Gasteiger partial charge in [-0.2, -0.15) is 4.98 Å². The molecular weight excluding hydrogens is 132 g/mol. The molecule has 0 spiro atoms. The molecule has 0 saturated heterocycles. The van der Waals surface area contributed by atoms with Gasteiger partial charge in [-0.25, -0.2) is 4.98 Å². The molecule has 0 aliphatic heterocycles. The molecule has 2 aromatic heterocycles. The second-order valence-electron chi connectivity index (χ2n) is 1.72. The average molecular weight is 136 g/mol. The molecule has 10 heavy (non-hydrogen) atoms. The van der Waals surface area contributed by atoms with Gasteiger partial charge in [0, 0.05) is 0 Å². The predicted molar refractivity (Wildman–Crippen MR) is 31.9 cm³/mol. The van der Waals surface area contributed by atoms with Gasteiger partial charge in [0.15, 0.2) is 0 Å². The predicted octanol–water partition coefficient (Wildman–Crippen LogP) is 0.460. The van der Waals surface area contributed by atoms with E-state index in [4.69, 9.17) is 0 Å². The molecule has 0 unspecified atom stereocenters. The molecule has 0 aliphatic rings. The number of aromatic amines is 1. The second-order valence-corrected chi connectivity index (χ2v) is 1.72. The van der Waals surface area contributed by atoms with Crippen LogP contribution in [0.15, 0.2) is 23.4 Å². The van der Waals surface area contributed by atoms with Crippen molar-refractivity contribution in [2.45, 2.75) is 0 Å². The molecule has 0 amide bonds. The minimum atomic E-state index is 0.525. The molecule has 0 fully saturated rings. The van der Waals surface area contributed by atoms with Crippen molar-refractivity contribution in [1.29, 1.82) is 0 Å². The van der Waals surface area contributed by atoms with E-state index in [0.29, 0.717) is 5.82 Å². The number of nitrogens with one attached hydrogen (secondary N) is 1. The van der Waals surface area contributed by atoms with Crippen LogP contribution in [-0.2, 0) is 0 Å². The Labute approximate surface area is 56.1 Å². The number of nitrogens with zero attached hydrogens (tertiary/aromatic N) is 3. The maximum Gasteiger partial charge on any atom is 0.220 e. The van der Waals surface area contributed by atoms with E-state index in [2.05, 4.69) is 24.6 Å². The van der Waals surface area contributed by atoms with Gasteiger partial charge in [0.1, 0.15) is 5.69 Å². The SMILES string of the molecule is c1ncc(-c2ncon2)[nH]1. The van der Waals surface area contributed by atoms with E-state index in [0.717, 1.165) is 5.69 Å². The summed E-state index contributed by atoms with van der Waals surface area (Å²) in [5, 5.41) is 3.60. The number of hydrogen-bond acceptors (Lipinski definition) is 4. The highest BCUT2D eigenvalue weighted by Gasteiger charge is 2.01. The van der Waals surface area contributed by atoms with Gasteiger partial charge in [-0.15, -0.1) is 0 Å². The molecule has 5 heteroatoms.